The van der Waals surface area contributed by atoms with Crippen LogP contribution in [0.5, 0.6) is 0 Å². The van der Waals surface area contributed by atoms with E-state index in [0.717, 1.165) is 18.7 Å². The molecular weight excluding hydrogens is 325 g/mol. The molecule has 3 heteroatoms. The zero-order chi connectivity index (χ0) is 12.1. The third-order valence-electron chi connectivity index (χ3n) is 2.71. The van der Waals surface area contributed by atoms with E-state index in [4.69, 9.17) is 4.42 Å². The first-order chi connectivity index (χ1) is 8.29. The third kappa shape index (κ3) is 3.57. The van der Waals surface area contributed by atoms with Gasteiger partial charge in [-0.15, -0.1) is 0 Å². The molecule has 2 aromatic rings. The third-order valence-corrected chi connectivity index (χ3v) is 3.43. The summed E-state index contributed by atoms with van der Waals surface area (Å²) in [6.45, 7) is 3.08. The van der Waals surface area contributed by atoms with Gasteiger partial charge in [0, 0.05) is 16.0 Å². The van der Waals surface area contributed by atoms with Crippen LogP contribution in [-0.2, 0) is 6.42 Å². The van der Waals surface area contributed by atoms with Gasteiger partial charge in [-0.3, -0.25) is 0 Å². The Bertz CT molecular complexity index is 436. The molecule has 0 spiro atoms. The van der Waals surface area contributed by atoms with Crippen LogP contribution in [0.1, 0.15) is 24.3 Å². The van der Waals surface area contributed by atoms with Gasteiger partial charge in [-0.05, 0) is 59.0 Å². The smallest absolute Gasteiger partial charge is 0.105 e. The molecule has 0 saturated carbocycles. The molecule has 0 aliphatic rings. The van der Waals surface area contributed by atoms with Crippen molar-refractivity contribution in [2.75, 3.05) is 6.54 Å². The second-order valence-electron chi connectivity index (χ2n) is 3.95. The van der Waals surface area contributed by atoms with Crippen molar-refractivity contribution in [3.8, 4) is 0 Å². The standard InChI is InChI=1S/C14H16INO/c1-2-16-14(10-13-4-3-9-17-13)11-5-7-12(15)8-6-11/h3-9,14,16H,2,10H2,1H3. The van der Waals surface area contributed by atoms with E-state index in [2.05, 4.69) is 59.1 Å². The number of nitrogens with one attached hydrogen (secondary N) is 1. The molecule has 0 aliphatic carbocycles. The topological polar surface area (TPSA) is 25.2 Å². The Morgan fingerprint density at radius 3 is 2.59 bits per heavy atom. The molecule has 17 heavy (non-hydrogen) atoms. The summed E-state index contributed by atoms with van der Waals surface area (Å²) in [7, 11) is 0. The zero-order valence-electron chi connectivity index (χ0n) is 9.82. The highest BCUT2D eigenvalue weighted by Crippen LogP contribution is 2.19. The Hall–Kier alpha value is -0.810. The Morgan fingerprint density at radius 1 is 1.24 bits per heavy atom. The first kappa shape index (κ1) is 12.6. The van der Waals surface area contributed by atoms with Crippen LogP contribution in [0.15, 0.2) is 47.1 Å². The van der Waals surface area contributed by atoms with Crippen molar-refractivity contribution in [1.82, 2.24) is 5.32 Å². The fraction of sp³-hybridized carbons (Fsp3) is 0.286. The molecule has 0 saturated heterocycles. The van der Waals surface area contributed by atoms with Crippen molar-refractivity contribution < 1.29 is 4.42 Å². The SMILES string of the molecule is CCNC(Cc1ccco1)c1ccc(I)cc1. The minimum Gasteiger partial charge on any atom is -0.469 e. The predicted molar refractivity (Wildman–Crippen MR) is 78.0 cm³/mol. The van der Waals surface area contributed by atoms with E-state index in [-0.39, 0.29) is 0 Å². The number of likely N-dealkylation sites (N-methyl/N-ethyl adjacent to an activating group) is 1. The van der Waals surface area contributed by atoms with E-state index in [1.54, 1.807) is 6.26 Å². The number of hydrogen-bond donors (Lipinski definition) is 1. The summed E-state index contributed by atoms with van der Waals surface area (Å²) in [5.41, 5.74) is 1.31. The van der Waals surface area contributed by atoms with Gasteiger partial charge in [0.05, 0.1) is 6.26 Å². The quantitative estimate of drug-likeness (QED) is 0.838. The Kier molecular flexibility index (Phi) is 4.62. The molecule has 0 bridgehead atoms. The summed E-state index contributed by atoms with van der Waals surface area (Å²) >= 11 is 2.32. The minimum atomic E-state index is 0.322. The van der Waals surface area contributed by atoms with Crippen LogP contribution in [0.2, 0.25) is 0 Å². The monoisotopic (exact) mass is 341 g/mol. The molecular formula is C14H16INO. The summed E-state index contributed by atoms with van der Waals surface area (Å²) in [6, 6.07) is 12.9. The Labute approximate surface area is 116 Å². The van der Waals surface area contributed by atoms with Crippen LogP contribution in [0, 0.1) is 3.57 Å². The zero-order valence-corrected chi connectivity index (χ0v) is 12.0. The summed E-state index contributed by atoms with van der Waals surface area (Å²) in [4.78, 5) is 0. The summed E-state index contributed by atoms with van der Waals surface area (Å²) in [6.07, 6.45) is 2.62. The van der Waals surface area contributed by atoms with Gasteiger partial charge in [0.15, 0.2) is 0 Å². The average molecular weight is 341 g/mol. The average Bonchev–Trinajstić information content (AvgIpc) is 2.82. The summed E-state index contributed by atoms with van der Waals surface area (Å²) < 4.78 is 6.68. The molecule has 1 atom stereocenters. The molecule has 0 amide bonds. The predicted octanol–water partition coefficient (Wildman–Crippen LogP) is 3.78. The van der Waals surface area contributed by atoms with E-state index in [9.17, 15) is 0 Å². The maximum Gasteiger partial charge on any atom is 0.105 e. The Morgan fingerprint density at radius 2 is 2.00 bits per heavy atom. The summed E-state index contributed by atoms with van der Waals surface area (Å²) in [5.74, 6) is 1.02. The van der Waals surface area contributed by atoms with Crippen molar-refractivity contribution in [3.05, 3.63) is 57.6 Å². The molecule has 1 heterocycles. The van der Waals surface area contributed by atoms with E-state index >= 15 is 0 Å². The van der Waals surface area contributed by atoms with Crippen LogP contribution in [0.4, 0.5) is 0 Å². The van der Waals surface area contributed by atoms with Gasteiger partial charge < -0.3 is 9.73 Å². The van der Waals surface area contributed by atoms with Crippen molar-refractivity contribution >= 4 is 22.6 Å². The van der Waals surface area contributed by atoms with Gasteiger partial charge in [-0.2, -0.15) is 0 Å². The molecule has 1 aromatic heterocycles. The van der Waals surface area contributed by atoms with Gasteiger partial charge in [0.2, 0.25) is 0 Å². The van der Waals surface area contributed by atoms with Gasteiger partial charge in [-0.1, -0.05) is 19.1 Å². The van der Waals surface area contributed by atoms with E-state index in [0.29, 0.717) is 6.04 Å². The van der Waals surface area contributed by atoms with E-state index in [1.165, 1.54) is 9.13 Å². The number of halogens is 1. The van der Waals surface area contributed by atoms with Crippen molar-refractivity contribution in [2.45, 2.75) is 19.4 Å². The van der Waals surface area contributed by atoms with Crippen LogP contribution in [-0.4, -0.2) is 6.54 Å². The number of benzene rings is 1. The lowest BCUT2D eigenvalue weighted by molar-refractivity contribution is 0.455. The van der Waals surface area contributed by atoms with Gasteiger partial charge in [0.25, 0.3) is 0 Å². The van der Waals surface area contributed by atoms with Crippen molar-refractivity contribution in [3.63, 3.8) is 0 Å². The molecule has 1 N–H and O–H groups in total. The minimum absolute atomic E-state index is 0.322. The molecule has 2 nitrogen and oxygen atoms in total. The fourth-order valence-electron chi connectivity index (χ4n) is 1.88. The molecule has 90 valence electrons. The lowest BCUT2D eigenvalue weighted by Crippen LogP contribution is -2.22. The van der Waals surface area contributed by atoms with Crippen LogP contribution >= 0.6 is 22.6 Å². The second kappa shape index (κ2) is 6.21. The lowest BCUT2D eigenvalue weighted by Gasteiger charge is -2.17. The fourth-order valence-corrected chi connectivity index (χ4v) is 2.24. The maximum absolute atomic E-state index is 5.41. The Balaban J connectivity index is 2.13. The van der Waals surface area contributed by atoms with Gasteiger partial charge in [-0.25, -0.2) is 0 Å². The van der Waals surface area contributed by atoms with E-state index < -0.39 is 0 Å². The van der Waals surface area contributed by atoms with Crippen LogP contribution < -0.4 is 5.32 Å². The molecule has 0 radical (unpaired) electrons. The first-order valence-corrected chi connectivity index (χ1v) is 6.88. The van der Waals surface area contributed by atoms with E-state index in [1.807, 2.05) is 12.1 Å². The highest BCUT2D eigenvalue weighted by atomic mass is 127. The van der Waals surface area contributed by atoms with Crippen molar-refractivity contribution in [1.29, 1.82) is 0 Å². The van der Waals surface area contributed by atoms with Crippen LogP contribution in [0.3, 0.4) is 0 Å². The number of rotatable bonds is 5. The molecule has 0 aliphatic heterocycles. The first-order valence-electron chi connectivity index (χ1n) is 5.81. The number of hydrogen-bond acceptors (Lipinski definition) is 2. The largest absolute Gasteiger partial charge is 0.469 e. The number of furan rings is 1. The highest BCUT2D eigenvalue weighted by molar-refractivity contribution is 14.1. The maximum atomic E-state index is 5.41. The lowest BCUT2D eigenvalue weighted by atomic mass is 10.0. The molecule has 1 aromatic carbocycles. The molecule has 1 unspecified atom stereocenters. The van der Waals surface area contributed by atoms with Crippen LogP contribution in [0.25, 0.3) is 0 Å². The highest BCUT2D eigenvalue weighted by Gasteiger charge is 2.12. The molecule has 0 fully saturated rings. The summed E-state index contributed by atoms with van der Waals surface area (Å²) in [5, 5.41) is 3.49. The van der Waals surface area contributed by atoms with Gasteiger partial charge in [0.1, 0.15) is 5.76 Å². The normalized spacial score (nSPS) is 12.6. The molecule has 2 rings (SSSR count). The second-order valence-corrected chi connectivity index (χ2v) is 5.19. The van der Waals surface area contributed by atoms with Crippen molar-refractivity contribution in [2.24, 2.45) is 0 Å². The van der Waals surface area contributed by atoms with Gasteiger partial charge >= 0.3 is 0 Å².